The molecule has 0 bridgehead atoms. The summed E-state index contributed by atoms with van der Waals surface area (Å²) in [7, 11) is 1.52. The number of anilines is 1. The van der Waals surface area contributed by atoms with E-state index in [2.05, 4.69) is 5.32 Å². The molecule has 138 valence electrons. The maximum atomic E-state index is 12.2. The Labute approximate surface area is 158 Å². The van der Waals surface area contributed by atoms with Gasteiger partial charge in [0.2, 0.25) is 5.91 Å². The van der Waals surface area contributed by atoms with Crippen LogP contribution in [-0.2, 0) is 4.79 Å². The predicted molar refractivity (Wildman–Crippen MR) is 102 cm³/mol. The standard InChI is InChI=1S/C20H22ClNO4/c1-3-12-26-16-7-4-14(5-8-16)18(23)9-11-20(24)22-15-6-10-19(25-2)17(21)13-15/h4-8,10,13H,3,9,11-12H2,1-2H3,(H,22,24). The largest absolute Gasteiger partial charge is 0.495 e. The number of hydrogen-bond acceptors (Lipinski definition) is 4. The van der Waals surface area contributed by atoms with Crippen molar-refractivity contribution in [2.75, 3.05) is 19.0 Å². The molecule has 0 aliphatic rings. The quantitative estimate of drug-likeness (QED) is 0.643. The van der Waals surface area contributed by atoms with E-state index in [4.69, 9.17) is 21.1 Å². The zero-order valence-electron chi connectivity index (χ0n) is 14.9. The number of benzene rings is 2. The van der Waals surface area contributed by atoms with Crippen LogP contribution < -0.4 is 14.8 Å². The van der Waals surface area contributed by atoms with Gasteiger partial charge in [0.15, 0.2) is 5.78 Å². The molecule has 1 amide bonds. The Hall–Kier alpha value is -2.53. The van der Waals surface area contributed by atoms with Crippen LogP contribution in [0.15, 0.2) is 42.5 Å². The molecule has 26 heavy (non-hydrogen) atoms. The van der Waals surface area contributed by atoms with E-state index in [-0.39, 0.29) is 24.5 Å². The van der Waals surface area contributed by atoms with Gasteiger partial charge in [-0.25, -0.2) is 0 Å². The van der Waals surface area contributed by atoms with E-state index in [1.165, 1.54) is 7.11 Å². The zero-order chi connectivity index (χ0) is 18.9. The summed E-state index contributed by atoms with van der Waals surface area (Å²) in [5, 5.41) is 3.13. The normalized spacial score (nSPS) is 10.3. The van der Waals surface area contributed by atoms with Gasteiger partial charge in [-0.05, 0) is 48.9 Å². The smallest absolute Gasteiger partial charge is 0.224 e. The molecule has 0 saturated heterocycles. The average Bonchev–Trinajstić information content (AvgIpc) is 2.65. The molecule has 0 saturated carbocycles. The van der Waals surface area contributed by atoms with Crippen molar-refractivity contribution in [3.8, 4) is 11.5 Å². The van der Waals surface area contributed by atoms with Gasteiger partial charge < -0.3 is 14.8 Å². The first kappa shape index (κ1) is 19.8. The predicted octanol–water partition coefficient (Wildman–Crippen LogP) is 4.74. The summed E-state index contributed by atoms with van der Waals surface area (Å²) in [5.41, 5.74) is 1.12. The number of Topliss-reactive ketones (excluding diaryl/α,β-unsaturated/α-hetero) is 1. The van der Waals surface area contributed by atoms with E-state index in [1.807, 2.05) is 6.92 Å². The summed E-state index contributed by atoms with van der Waals surface area (Å²) in [6.45, 7) is 2.67. The van der Waals surface area contributed by atoms with Crippen molar-refractivity contribution in [3.63, 3.8) is 0 Å². The second-order valence-corrected chi connectivity index (χ2v) is 6.10. The summed E-state index contributed by atoms with van der Waals surface area (Å²) < 4.78 is 10.6. The van der Waals surface area contributed by atoms with Gasteiger partial charge in [0.25, 0.3) is 0 Å². The van der Waals surface area contributed by atoms with Crippen molar-refractivity contribution < 1.29 is 19.1 Å². The number of rotatable bonds is 9. The Kier molecular flexibility index (Phi) is 7.48. The Balaban J connectivity index is 1.84. The molecule has 0 aliphatic heterocycles. The van der Waals surface area contributed by atoms with Gasteiger partial charge >= 0.3 is 0 Å². The van der Waals surface area contributed by atoms with E-state index < -0.39 is 0 Å². The first-order chi connectivity index (χ1) is 12.5. The lowest BCUT2D eigenvalue weighted by Gasteiger charge is -2.08. The molecule has 2 rings (SSSR count). The second-order valence-electron chi connectivity index (χ2n) is 5.69. The number of nitrogens with one attached hydrogen (secondary N) is 1. The van der Waals surface area contributed by atoms with Crippen molar-refractivity contribution in [2.24, 2.45) is 0 Å². The molecule has 1 N–H and O–H groups in total. The summed E-state index contributed by atoms with van der Waals surface area (Å²) in [6.07, 6.45) is 1.15. The molecule has 2 aromatic rings. The Morgan fingerprint density at radius 2 is 1.81 bits per heavy atom. The van der Waals surface area contributed by atoms with Crippen molar-refractivity contribution in [3.05, 3.63) is 53.1 Å². The molecular formula is C20H22ClNO4. The minimum Gasteiger partial charge on any atom is -0.495 e. The van der Waals surface area contributed by atoms with Crippen LogP contribution in [0.25, 0.3) is 0 Å². The van der Waals surface area contributed by atoms with Crippen LogP contribution in [0.4, 0.5) is 5.69 Å². The van der Waals surface area contributed by atoms with Crippen LogP contribution in [0, 0.1) is 0 Å². The molecule has 0 radical (unpaired) electrons. The fourth-order valence-electron chi connectivity index (χ4n) is 2.30. The highest BCUT2D eigenvalue weighted by Crippen LogP contribution is 2.27. The molecule has 0 atom stereocenters. The molecule has 0 fully saturated rings. The first-order valence-corrected chi connectivity index (χ1v) is 8.80. The van der Waals surface area contributed by atoms with Gasteiger partial charge in [-0.2, -0.15) is 0 Å². The number of halogens is 1. The Morgan fingerprint density at radius 1 is 1.08 bits per heavy atom. The van der Waals surface area contributed by atoms with Crippen LogP contribution in [0.5, 0.6) is 11.5 Å². The number of ether oxygens (including phenoxy) is 2. The molecule has 0 aromatic heterocycles. The monoisotopic (exact) mass is 375 g/mol. The van der Waals surface area contributed by atoms with Gasteiger partial charge in [0.05, 0.1) is 18.7 Å². The van der Waals surface area contributed by atoms with E-state index in [0.717, 1.165) is 12.2 Å². The van der Waals surface area contributed by atoms with Crippen molar-refractivity contribution >= 4 is 29.0 Å². The number of amides is 1. The molecule has 0 spiro atoms. The number of carbonyl (C=O) groups excluding carboxylic acids is 2. The molecule has 0 unspecified atom stereocenters. The molecular weight excluding hydrogens is 354 g/mol. The van der Waals surface area contributed by atoms with Gasteiger partial charge in [0, 0.05) is 24.1 Å². The van der Waals surface area contributed by atoms with Gasteiger partial charge in [-0.1, -0.05) is 18.5 Å². The van der Waals surface area contributed by atoms with Gasteiger partial charge in [0.1, 0.15) is 11.5 Å². The van der Waals surface area contributed by atoms with E-state index in [0.29, 0.717) is 28.6 Å². The van der Waals surface area contributed by atoms with Gasteiger partial charge in [-0.3, -0.25) is 9.59 Å². The lowest BCUT2D eigenvalue weighted by molar-refractivity contribution is -0.116. The zero-order valence-corrected chi connectivity index (χ0v) is 15.6. The maximum absolute atomic E-state index is 12.2. The van der Waals surface area contributed by atoms with Crippen molar-refractivity contribution in [1.29, 1.82) is 0 Å². The lowest BCUT2D eigenvalue weighted by atomic mass is 10.1. The van der Waals surface area contributed by atoms with Crippen LogP contribution in [0.2, 0.25) is 5.02 Å². The van der Waals surface area contributed by atoms with Crippen LogP contribution in [0.3, 0.4) is 0 Å². The number of hydrogen-bond donors (Lipinski definition) is 1. The maximum Gasteiger partial charge on any atom is 0.224 e. The lowest BCUT2D eigenvalue weighted by Crippen LogP contribution is -2.13. The van der Waals surface area contributed by atoms with Gasteiger partial charge in [-0.15, -0.1) is 0 Å². The molecule has 6 heteroatoms. The average molecular weight is 376 g/mol. The molecule has 2 aromatic carbocycles. The third kappa shape index (κ3) is 5.77. The van der Waals surface area contributed by atoms with Crippen molar-refractivity contribution in [2.45, 2.75) is 26.2 Å². The van der Waals surface area contributed by atoms with E-state index >= 15 is 0 Å². The first-order valence-electron chi connectivity index (χ1n) is 8.43. The number of methoxy groups -OCH3 is 1. The summed E-state index contributed by atoms with van der Waals surface area (Å²) in [5.74, 6) is 0.932. The molecule has 0 heterocycles. The topological polar surface area (TPSA) is 64.6 Å². The Morgan fingerprint density at radius 3 is 2.42 bits per heavy atom. The summed E-state index contributed by atoms with van der Waals surface area (Å²) in [4.78, 5) is 24.2. The fraction of sp³-hybridized carbons (Fsp3) is 0.300. The number of carbonyl (C=O) groups is 2. The van der Waals surface area contributed by atoms with Crippen molar-refractivity contribution in [1.82, 2.24) is 0 Å². The molecule has 0 aliphatic carbocycles. The SMILES string of the molecule is CCCOc1ccc(C(=O)CCC(=O)Nc2ccc(OC)c(Cl)c2)cc1. The Bertz CT molecular complexity index is 759. The third-order valence-electron chi connectivity index (χ3n) is 3.66. The van der Waals surface area contributed by atoms with E-state index in [1.54, 1.807) is 42.5 Å². The summed E-state index contributed by atoms with van der Waals surface area (Å²) >= 11 is 6.02. The van der Waals surface area contributed by atoms with Crippen LogP contribution >= 0.6 is 11.6 Å². The number of ketones is 1. The minimum absolute atomic E-state index is 0.0880. The summed E-state index contributed by atoms with van der Waals surface area (Å²) in [6, 6.07) is 11.9. The highest BCUT2D eigenvalue weighted by molar-refractivity contribution is 6.32. The third-order valence-corrected chi connectivity index (χ3v) is 3.96. The fourth-order valence-corrected chi connectivity index (χ4v) is 2.55. The molecule has 5 nitrogen and oxygen atoms in total. The van der Waals surface area contributed by atoms with Crippen LogP contribution in [0.1, 0.15) is 36.5 Å². The van der Waals surface area contributed by atoms with Crippen LogP contribution in [-0.4, -0.2) is 25.4 Å². The second kappa shape index (κ2) is 9.82. The highest BCUT2D eigenvalue weighted by Gasteiger charge is 2.11. The van der Waals surface area contributed by atoms with E-state index in [9.17, 15) is 9.59 Å². The highest BCUT2D eigenvalue weighted by atomic mass is 35.5. The minimum atomic E-state index is -0.248.